The van der Waals surface area contributed by atoms with E-state index in [0.717, 1.165) is 22.6 Å². The number of nitrogen functional groups attached to an aromatic ring is 2. The first-order valence-corrected chi connectivity index (χ1v) is 16.7. The Morgan fingerprint density at radius 1 is 0.826 bits per heavy atom. The van der Waals surface area contributed by atoms with Crippen LogP contribution in [0.4, 0.5) is 10.3 Å². The molecule has 0 aliphatic heterocycles. The van der Waals surface area contributed by atoms with Crippen molar-refractivity contribution in [3.05, 3.63) is 23.2 Å². The number of nitrogens with zero attached hydrogens (tertiary/aromatic N) is 2. The summed E-state index contributed by atoms with van der Waals surface area (Å²) in [6.45, 7) is 9.93. The third-order valence-electron chi connectivity index (χ3n) is 4.33. The van der Waals surface area contributed by atoms with E-state index in [1.54, 1.807) is 22.7 Å². The largest absolute Gasteiger partial charge is 0.331 e. The minimum absolute atomic E-state index is 0.935. The summed E-state index contributed by atoms with van der Waals surface area (Å²) in [5.41, 5.74) is 12.1. The Bertz CT molecular complexity index is 583. The molecule has 0 saturated heterocycles. The fourth-order valence-electron chi connectivity index (χ4n) is 3.02. The fraction of sp³-hybridized carbons (Fsp3) is 0.600. The van der Waals surface area contributed by atoms with Crippen LogP contribution in [0.2, 0.25) is 38.3 Å². The van der Waals surface area contributed by atoms with Gasteiger partial charge in [0.05, 0.1) is 28.5 Å². The minimum atomic E-state index is -1.25. The molecule has 0 aliphatic carbocycles. The predicted octanol–water partition coefficient (Wildman–Crippen LogP) is 3.13. The van der Waals surface area contributed by atoms with Gasteiger partial charge in [0.25, 0.3) is 0 Å². The zero-order chi connectivity index (χ0) is 17.1. The van der Waals surface area contributed by atoms with Gasteiger partial charge in [0, 0.05) is 10.8 Å². The van der Waals surface area contributed by atoms with Crippen LogP contribution in [0.1, 0.15) is 6.42 Å². The van der Waals surface area contributed by atoms with Gasteiger partial charge in [-0.05, 0) is 0 Å². The molecule has 0 amide bonds. The molecule has 4 nitrogen and oxygen atoms in total. The molecule has 2 aromatic rings. The summed E-state index contributed by atoms with van der Waals surface area (Å²) in [4.78, 5) is 0. The Balaban J connectivity index is 1.83. The van der Waals surface area contributed by atoms with Crippen LogP contribution in [-0.4, -0.2) is 16.1 Å². The molecule has 8 heteroatoms. The number of hydrogen-bond acceptors (Lipinski definition) is 4. The van der Waals surface area contributed by atoms with Crippen molar-refractivity contribution in [1.29, 1.82) is 0 Å². The van der Waals surface area contributed by atoms with Crippen molar-refractivity contribution in [1.82, 2.24) is 0 Å². The first kappa shape index (κ1) is 18.6. The molecular formula is C15H30N4S2Si2+2. The first-order valence-electron chi connectivity index (χ1n) is 8.13. The van der Waals surface area contributed by atoms with E-state index in [2.05, 4.69) is 58.5 Å². The Morgan fingerprint density at radius 3 is 1.52 bits per heavy atom. The summed E-state index contributed by atoms with van der Waals surface area (Å²) in [6, 6.07) is 2.74. The second-order valence-corrected chi connectivity index (χ2v) is 20.1. The average molecular weight is 387 g/mol. The topological polar surface area (TPSA) is 59.8 Å². The van der Waals surface area contributed by atoms with E-state index in [0.29, 0.717) is 0 Å². The molecule has 23 heavy (non-hydrogen) atoms. The highest BCUT2D eigenvalue weighted by molar-refractivity contribution is 7.13. The van der Waals surface area contributed by atoms with Crippen LogP contribution in [-0.2, 0) is 12.3 Å². The molecule has 0 bridgehead atoms. The summed E-state index contributed by atoms with van der Waals surface area (Å²) in [6.07, 6.45) is 7.87. The second-order valence-electron chi connectivity index (χ2n) is 7.92. The molecule has 0 saturated carbocycles. The van der Waals surface area contributed by atoms with Crippen molar-refractivity contribution in [3.8, 4) is 0 Å². The number of nitrogens with two attached hydrogens (primary N) is 2. The van der Waals surface area contributed by atoms with Gasteiger partial charge in [-0.2, -0.15) is 0 Å². The van der Waals surface area contributed by atoms with Gasteiger partial charge in [-0.15, -0.1) is 0 Å². The summed E-state index contributed by atoms with van der Waals surface area (Å²) < 4.78 is 4.47. The monoisotopic (exact) mass is 386 g/mol. The maximum Gasteiger partial charge on any atom is 0.331 e. The van der Waals surface area contributed by atoms with Gasteiger partial charge in [0.1, 0.15) is 12.4 Å². The lowest BCUT2D eigenvalue weighted by Crippen LogP contribution is -2.49. The SMILES string of the molecule is C[Si](C)(CCC[Si](C)(C)C[n+]1ccsc1N)C[n+]1ccsc1N. The Morgan fingerprint density at radius 2 is 1.22 bits per heavy atom. The van der Waals surface area contributed by atoms with Gasteiger partial charge < -0.3 is 0 Å². The fourth-order valence-corrected chi connectivity index (χ4v) is 9.80. The van der Waals surface area contributed by atoms with Crippen LogP contribution < -0.4 is 20.6 Å². The zero-order valence-electron chi connectivity index (χ0n) is 14.7. The van der Waals surface area contributed by atoms with Crippen LogP contribution in [0.3, 0.4) is 0 Å². The normalized spacial score (nSPS) is 12.7. The molecule has 0 atom stereocenters. The molecule has 2 rings (SSSR count). The van der Waals surface area contributed by atoms with E-state index in [-0.39, 0.29) is 0 Å². The van der Waals surface area contributed by atoms with E-state index in [4.69, 9.17) is 11.5 Å². The van der Waals surface area contributed by atoms with E-state index < -0.39 is 16.1 Å². The quantitative estimate of drug-likeness (QED) is 0.541. The van der Waals surface area contributed by atoms with E-state index in [9.17, 15) is 0 Å². The van der Waals surface area contributed by atoms with E-state index in [1.807, 2.05) is 0 Å². The molecule has 0 spiro atoms. The summed E-state index contributed by atoms with van der Waals surface area (Å²) in [5, 5.41) is 6.03. The van der Waals surface area contributed by atoms with Gasteiger partial charge in [-0.25, -0.2) is 9.13 Å². The molecule has 2 aromatic heterocycles. The summed E-state index contributed by atoms with van der Waals surface area (Å²) >= 11 is 3.27. The summed E-state index contributed by atoms with van der Waals surface area (Å²) in [7, 11) is -2.49. The van der Waals surface area contributed by atoms with Crippen LogP contribution in [0.15, 0.2) is 23.2 Å². The van der Waals surface area contributed by atoms with Crippen molar-refractivity contribution < 1.29 is 9.13 Å². The number of aromatic nitrogens is 2. The standard InChI is InChI=1S/C15H28N4S2Si2/c1-22(2,12-18-6-8-20-14(18)16)10-5-11-23(3,4)13-19-7-9-21-15(19)17/h6-9,16-17H,5,10-13H2,1-4H3/p+2. The maximum atomic E-state index is 6.03. The number of thiazole rings is 2. The molecule has 0 radical (unpaired) electrons. The first-order chi connectivity index (χ1) is 10.7. The van der Waals surface area contributed by atoms with Crippen LogP contribution in [0, 0.1) is 0 Å². The third-order valence-corrected chi connectivity index (χ3v) is 11.6. The van der Waals surface area contributed by atoms with Gasteiger partial charge in [-0.1, -0.05) is 67.4 Å². The van der Waals surface area contributed by atoms with Crippen molar-refractivity contribution in [2.24, 2.45) is 0 Å². The van der Waals surface area contributed by atoms with Gasteiger partial charge in [0.15, 0.2) is 0 Å². The highest BCUT2D eigenvalue weighted by Gasteiger charge is 2.29. The van der Waals surface area contributed by atoms with Crippen molar-refractivity contribution in [2.75, 3.05) is 11.5 Å². The Kier molecular flexibility index (Phi) is 6.04. The maximum absolute atomic E-state index is 6.03. The molecule has 2 heterocycles. The molecular weight excluding hydrogens is 356 g/mol. The predicted molar refractivity (Wildman–Crippen MR) is 107 cm³/mol. The lowest BCUT2D eigenvalue weighted by Gasteiger charge is -2.24. The van der Waals surface area contributed by atoms with E-state index >= 15 is 0 Å². The van der Waals surface area contributed by atoms with Crippen molar-refractivity contribution >= 4 is 49.1 Å². The average Bonchev–Trinajstić information content (AvgIpc) is 2.98. The molecule has 0 aliphatic rings. The minimum Gasteiger partial charge on any atom is -0.278 e. The van der Waals surface area contributed by atoms with Crippen LogP contribution in [0.25, 0.3) is 0 Å². The molecule has 4 N–H and O–H groups in total. The highest BCUT2D eigenvalue weighted by atomic mass is 32.1. The lowest BCUT2D eigenvalue weighted by atomic mass is 10.6. The number of hydrogen-bond donors (Lipinski definition) is 2. The van der Waals surface area contributed by atoms with Crippen molar-refractivity contribution in [3.63, 3.8) is 0 Å². The second kappa shape index (κ2) is 7.46. The van der Waals surface area contributed by atoms with Gasteiger partial charge in [0.2, 0.25) is 0 Å². The number of rotatable bonds is 8. The van der Waals surface area contributed by atoms with Gasteiger partial charge >= 0.3 is 10.3 Å². The zero-order valence-corrected chi connectivity index (χ0v) is 18.3. The molecule has 0 aromatic carbocycles. The lowest BCUT2D eigenvalue weighted by molar-refractivity contribution is -0.662. The van der Waals surface area contributed by atoms with E-state index in [1.165, 1.54) is 18.5 Å². The van der Waals surface area contributed by atoms with Crippen molar-refractivity contribution in [2.45, 2.75) is 57.0 Å². The molecule has 0 fully saturated rings. The third kappa shape index (κ3) is 5.70. The van der Waals surface area contributed by atoms with Crippen LogP contribution >= 0.6 is 22.7 Å². The smallest absolute Gasteiger partial charge is 0.278 e. The Labute approximate surface area is 149 Å². The molecule has 0 unspecified atom stereocenters. The molecule has 128 valence electrons. The number of anilines is 2. The van der Waals surface area contributed by atoms with Crippen LogP contribution in [0.5, 0.6) is 0 Å². The summed E-state index contributed by atoms with van der Waals surface area (Å²) in [5.74, 6) is 0. The van der Waals surface area contributed by atoms with Gasteiger partial charge in [-0.3, -0.25) is 11.5 Å². The Hall–Kier alpha value is -0.706. The highest BCUT2D eigenvalue weighted by Crippen LogP contribution is 2.21.